The minimum atomic E-state index is -0.268. The highest BCUT2D eigenvalue weighted by atomic mass is 32.1. The number of benzene rings is 1. The smallest absolute Gasteiger partial charge is 0.246 e. The normalized spacial score (nSPS) is 10.7. The van der Waals surface area contributed by atoms with Gasteiger partial charge in [-0.2, -0.15) is 5.26 Å². The Hall–Kier alpha value is -3.30. The number of hydrogen-bond acceptors (Lipinski definition) is 4. The fourth-order valence-electron chi connectivity index (χ4n) is 2.67. The van der Waals surface area contributed by atoms with E-state index in [0.717, 1.165) is 15.3 Å². The first-order chi connectivity index (χ1) is 13.7. The number of aromatic nitrogens is 1. The number of halogens is 1. The van der Waals surface area contributed by atoms with E-state index in [4.69, 9.17) is 5.26 Å². The van der Waals surface area contributed by atoms with Crippen LogP contribution in [0.1, 0.15) is 16.9 Å². The predicted octanol–water partition coefficient (Wildman–Crippen LogP) is 4.90. The molecule has 0 aliphatic rings. The average Bonchev–Trinajstić information content (AvgIpc) is 3.19. The lowest BCUT2D eigenvalue weighted by Crippen LogP contribution is -2.29. The molecule has 0 aliphatic heterocycles. The van der Waals surface area contributed by atoms with Crippen LogP contribution in [0.2, 0.25) is 0 Å². The zero-order valence-corrected chi connectivity index (χ0v) is 15.9. The summed E-state index contributed by atoms with van der Waals surface area (Å²) in [5.74, 6) is -0.449. The van der Waals surface area contributed by atoms with E-state index in [2.05, 4.69) is 11.1 Å². The molecule has 0 bridgehead atoms. The van der Waals surface area contributed by atoms with Crippen molar-refractivity contribution in [2.45, 2.75) is 13.0 Å². The lowest BCUT2D eigenvalue weighted by molar-refractivity contribution is -0.126. The molecule has 0 radical (unpaired) electrons. The zero-order chi connectivity index (χ0) is 19.8. The lowest BCUT2D eigenvalue weighted by Gasteiger charge is -2.19. The van der Waals surface area contributed by atoms with Crippen LogP contribution in [-0.2, 0) is 11.3 Å². The summed E-state index contributed by atoms with van der Waals surface area (Å²) in [4.78, 5) is 19.9. The number of amides is 1. The van der Waals surface area contributed by atoms with Gasteiger partial charge in [0.2, 0.25) is 5.91 Å². The maximum absolute atomic E-state index is 13.9. The SMILES string of the molecule is N#CCCN(Cc1cccnc1)C(=O)/C=C/c1ccc(-c2ccccc2F)s1. The van der Waals surface area contributed by atoms with Gasteiger partial charge in [-0.3, -0.25) is 9.78 Å². The number of thiophene rings is 1. The van der Waals surface area contributed by atoms with Gasteiger partial charge in [-0.05, 0) is 35.9 Å². The maximum Gasteiger partial charge on any atom is 0.246 e. The predicted molar refractivity (Wildman–Crippen MR) is 109 cm³/mol. The number of rotatable bonds is 7. The van der Waals surface area contributed by atoms with Crippen LogP contribution in [0.15, 0.2) is 67.0 Å². The van der Waals surface area contributed by atoms with Gasteiger partial charge >= 0.3 is 0 Å². The van der Waals surface area contributed by atoms with Crippen molar-refractivity contribution in [3.63, 3.8) is 0 Å². The molecule has 0 fully saturated rings. The van der Waals surface area contributed by atoms with Crippen molar-refractivity contribution in [1.29, 1.82) is 5.26 Å². The Morgan fingerprint density at radius 1 is 1.21 bits per heavy atom. The molecule has 1 aromatic carbocycles. The van der Waals surface area contributed by atoms with Crippen molar-refractivity contribution in [2.75, 3.05) is 6.54 Å². The fraction of sp³-hybridized carbons (Fsp3) is 0.136. The topological polar surface area (TPSA) is 57.0 Å². The van der Waals surface area contributed by atoms with Gasteiger partial charge in [0.15, 0.2) is 0 Å². The molecule has 3 rings (SSSR count). The lowest BCUT2D eigenvalue weighted by atomic mass is 10.2. The van der Waals surface area contributed by atoms with Crippen LogP contribution in [0, 0.1) is 17.1 Å². The van der Waals surface area contributed by atoms with Crippen LogP contribution in [0.5, 0.6) is 0 Å². The Kier molecular flexibility index (Phi) is 6.66. The van der Waals surface area contributed by atoms with E-state index in [1.807, 2.05) is 24.3 Å². The van der Waals surface area contributed by atoms with Crippen molar-refractivity contribution in [1.82, 2.24) is 9.88 Å². The van der Waals surface area contributed by atoms with Gasteiger partial charge in [0, 0.05) is 46.9 Å². The Morgan fingerprint density at radius 3 is 2.82 bits per heavy atom. The first-order valence-electron chi connectivity index (χ1n) is 8.75. The van der Waals surface area contributed by atoms with Crippen LogP contribution >= 0.6 is 11.3 Å². The van der Waals surface area contributed by atoms with Crippen molar-refractivity contribution in [3.8, 4) is 16.5 Å². The van der Waals surface area contributed by atoms with Gasteiger partial charge in [-0.15, -0.1) is 11.3 Å². The quantitative estimate of drug-likeness (QED) is 0.538. The van der Waals surface area contributed by atoms with Crippen LogP contribution in [0.4, 0.5) is 4.39 Å². The first kappa shape index (κ1) is 19.5. The van der Waals surface area contributed by atoms with E-state index in [-0.39, 0.29) is 18.1 Å². The molecular formula is C22H18FN3OS. The van der Waals surface area contributed by atoms with Crippen molar-refractivity contribution < 1.29 is 9.18 Å². The molecule has 1 amide bonds. The summed E-state index contributed by atoms with van der Waals surface area (Å²) in [5.41, 5.74) is 1.45. The largest absolute Gasteiger partial charge is 0.334 e. The number of carbonyl (C=O) groups excluding carboxylic acids is 1. The molecule has 28 heavy (non-hydrogen) atoms. The fourth-order valence-corrected chi connectivity index (χ4v) is 3.61. The standard InChI is InChI=1S/C22H18FN3OS/c23-20-7-2-1-6-19(20)21-10-8-18(28-21)9-11-22(27)26(14-4-12-24)16-17-5-3-13-25-15-17/h1-3,5-11,13,15H,4,14,16H2/b11-9+. The number of carbonyl (C=O) groups is 1. The molecule has 140 valence electrons. The van der Waals surface area contributed by atoms with Crippen LogP contribution < -0.4 is 0 Å². The minimum absolute atomic E-state index is 0.181. The molecule has 4 nitrogen and oxygen atoms in total. The second-order valence-electron chi connectivity index (χ2n) is 6.04. The van der Waals surface area contributed by atoms with E-state index in [1.54, 1.807) is 41.6 Å². The van der Waals surface area contributed by atoms with E-state index < -0.39 is 0 Å². The Morgan fingerprint density at radius 2 is 2.07 bits per heavy atom. The van der Waals surface area contributed by atoms with Crippen LogP contribution in [0.25, 0.3) is 16.5 Å². The van der Waals surface area contributed by atoms with Crippen LogP contribution in [-0.4, -0.2) is 22.3 Å². The molecule has 6 heteroatoms. The zero-order valence-electron chi connectivity index (χ0n) is 15.1. The number of hydrogen-bond donors (Lipinski definition) is 0. The minimum Gasteiger partial charge on any atom is -0.334 e. The summed E-state index contributed by atoms with van der Waals surface area (Å²) < 4.78 is 13.9. The third kappa shape index (κ3) is 5.12. The van der Waals surface area contributed by atoms with Gasteiger partial charge in [0.1, 0.15) is 5.82 Å². The number of nitriles is 1. The molecule has 2 aromatic heterocycles. The average molecular weight is 391 g/mol. The molecule has 0 N–H and O–H groups in total. The van der Waals surface area contributed by atoms with Gasteiger partial charge in [0.05, 0.1) is 12.5 Å². The second kappa shape index (κ2) is 9.58. The summed E-state index contributed by atoms with van der Waals surface area (Å²) in [7, 11) is 0. The Balaban J connectivity index is 1.71. The third-order valence-corrected chi connectivity index (χ3v) is 5.14. The van der Waals surface area contributed by atoms with E-state index in [0.29, 0.717) is 18.7 Å². The second-order valence-corrected chi connectivity index (χ2v) is 7.16. The summed E-state index contributed by atoms with van der Waals surface area (Å²) in [5, 5.41) is 8.86. The van der Waals surface area contributed by atoms with Gasteiger partial charge < -0.3 is 4.90 Å². The van der Waals surface area contributed by atoms with Gasteiger partial charge in [-0.25, -0.2) is 4.39 Å². The molecule has 2 heterocycles. The highest BCUT2D eigenvalue weighted by Crippen LogP contribution is 2.30. The molecular weight excluding hydrogens is 373 g/mol. The summed E-state index contributed by atoms with van der Waals surface area (Å²) >= 11 is 1.42. The molecule has 3 aromatic rings. The van der Waals surface area contributed by atoms with Crippen molar-refractivity contribution in [3.05, 3.63) is 83.3 Å². The van der Waals surface area contributed by atoms with Gasteiger partial charge in [0.25, 0.3) is 0 Å². The van der Waals surface area contributed by atoms with E-state index >= 15 is 0 Å². The molecule has 0 atom stereocenters. The molecule has 0 spiro atoms. The summed E-state index contributed by atoms with van der Waals surface area (Å²) in [6.45, 7) is 0.739. The van der Waals surface area contributed by atoms with Gasteiger partial charge in [-0.1, -0.05) is 24.3 Å². The molecule has 0 aliphatic carbocycles. The summed E-state index contributed by atoms with van der Waals surface area (Å²) in [6.07, 6.45) is 6.85. The van der Waals surface area contributed by atoms with E-state index in [1.165, 1.54) is 23.5 Å². The van der Waals surface area contributed by atoms with Crippen LogP contribution in [0.3, 0.4) is 0 Å². The molecule has 0 saturated carbocycles. The Labute approximate surface area is 167 Å². The number of nitrogens with zero attached hydrogens (tertiary/aromatic N) is 3. The molecule has 0 saturated heterocycles. The van der Waals surface area contributed by atoms with E-state index in [9.17, 15) is 9.18 Å². The van der Waals surface area contributed by atoms with Crippen molar-refractivity contribution >= 4 is 23.3 Å². The first-order valence-corrected chi connectivity index (χ1v) is 9.56. The highest BCUT2D eigenvalue weighted by Gasteiger charge is 2.12. The number of pyridine rings is 1. The summed E-state index contributed by atoms with van der Waals surface area (Å²) in [6, 6.07) is 16.1. The van der Waals surface area contributed by atoms with Crippen molar-refractivity contribution in [2.24, 2.45) is 0 Å². The Bertz CT molecular complexity index is 1010. The maximum atomic E-state index is 13.9. The molecule has 0 unspecified atom stereocenters. The third-order valence-electron chi connectivity index (χ3n) is 4.06. The highest BCUT2D eigenvalue weighted by molar-refractivity contribution is 7.16. The monoisotopic (exact) mass is 391 g/mol.